The SMILES string of the molecule is CC1CN(C(=O)[C@@]23CCCC[C@H]2CNC3)CCCO1.Cl. The van der Waals surface area contributed by atoms with Crippen LogP contribution in [0.2, 0.25) is 0 Å². The van der Waals surface area contributed by atoms with Gasteiger partial charge in [0, 0.05) is 26.2 Å². The van der Waals surface area contributed by atoms with E-state index in [9.17, 15) is 4.79 Å². The van der Waals surface area contributed by atoms with Crippen LogP contribution in [0.5, 0.6) is 0 Å². The van der Waals surface area contributed by atoms with E-state index in [0.717, 1.165) is 45.6 Å². The molecule has 5 heteroatoms. The first-order chi connectivity index (χ1) is 9.22. The summed E-state index contributed by atoms with van der Waals surface area (Å²) in [4.78, 5) is 15.2. The van der Waals surface area contributed by atoms with Gasteiger partial charge < -0.3 is 15.0 Å². The van der Waals surface area contributed by atoms with E-state index in [4.69, 9.17) is 4.74 Å². The Kier molecular flexibility index (Phi) is 5.32. The van der Waals surface area contributed by atoms with Crippen molar-refractivity contribution in [2.45, 2.75) is 45.1 Å². The van der Waals surface area contributed by atoms with Crippen molar-refractivity contribution in [1.82, 2.24) is 10.2 Å². The predicted octanol–water partition coefficient (Wildman–Crippen LogP) is 1.83. The number of amides is 1. The Bertz CT molecular complexity index is 353. The van der Waals surface area contributed by atoms with Gasteiger partial charge in [-0.05, 0) is 38.6 Å². The zero-order valence-electron chi connectivity index (χ0n) is 12.4. The minimum Gasteiger partial charge on any atom is -0.377 e. The van der Waals surface area contributed by atoms with E-state index in [-0.39, 0.29) is 23.9 Å². The highest BCUT2D eigenvalue weighted by atomic mass is 35.5. The first kappa shape index (κ1) is 16.1. The molecule has 116 valence electrons. The van der Waals surface area contributed by atoms with Crippen molar-refractivity contribution in [3.63, 3.8) is 0 Å². The molecule has 2 saturated heterocycles. The molecule has 1 aliphatic carbocycles. The first-order valence-corrected chi connectivity index (χ1v) is 7.84. The molecule has 1 N–H and O–H groups in total. The van der Waals surface area contributed by atoms with Crippen LogP contribution in [-0.4, -0.2) is 49.7 Å². The fraction of sp³-hybridized carbons (Fsp3) is 0.933. The van der Waals surface area contributed by atoms with Gasteiger partial charge in [-0.2, -0.15) is 0 Å². The molecule has 0 aromatic heterocycles. The van der Waals surface area contributed by atoms with Gasteiger partial charge in [0.2, 0.25) is 5.91 Å². The summed E-state index contributed by atoms with van der Waals surface area (Å²) in [6, 6.07) is 0. The van der Waals surface area contributed by atoms with Gasteiger partial charge in [-0.15, -0.1) is 12.4 Å². The van der Waals surface area contributed by atoms with Gasteiger partial charge in [-0.1, -0.05) is 12.8 Å². The van der Waals surface area contributed by atoms with Crippen LogP contribution in [0.3, 0.4) is 0 Å². The van der Waals surface area contributed by atoms with Crippen LogP contribution in [0.1, 0.15) is 39.0 Å². The second-order valence-corrected chi connectivity index (χ2v) is 6.52. The third-order valence-corrected chi connectivity index (χ3v) is 5.20. The topological polar surface area (TPSA) is 41.6 Å². The summed E-state index contributed by atoms with van der Waals surface area (Å²) in [6.07, 6.45) is 5.96. The van der Waals surface area contributed by atoms with Gasteiger partial charge in [0.1, 0.15) is 0 Å². The van der Waals surface area contributed by atoms with Gasteiger partial charge in [0.15, 0.2) is 0 Å². The van der Waals surface area contributed by atoms with Crippen LogP contribution < -0.4 is 5.32 Å². The molecule has 3 rings (SSSR count). The number of hydrogen-bond acceptors (Lipinski definition) is 3. The lowest BCUT2D eigenvalue weighted by molar-refractivity contribution is -0.146. The van der Waals surface area contributed by atoms with Crippen LogP contribution >= 0.6 is 12.4 Å². The van der Waals surface area contributed by atoms with Gasteiger partial charge >= 0.3 is 0 Å². The molecule has 0 aromatic carbocycles. The smallest absolute Gasteiger partial charge is 0.230 e. The first-order valence-electron chi connectivity index (χ1n) is 7.84. The molecular formula is C15H27ClN2O2. The Labute approximate surface area is 128 Å². The van der Waals surface area contributed by atoms with Crippen molar-refractivity contribution >= 4 is 18.3 Å². The van der Waals surface area contributed by atoms with Crippen LogP contribution in [-0.2, 0) is 9.53 Å². The summed E-state index contributed by atoms with van der Waals surface area (Å²) in [5.74, 6) is 0.966. The number of hydrogen-bond donors (Lipinski definition) is 1. The molecule has 1 unspecified atom stereocenters. The van der Waals surface area contributed by atoms with Crippen molar-refractivity contribution in [3.05, 3.63) is 0 Å². The second kappa shape index (κ2) is 6.63. The Morgan fingerprint density at radius 1 is 1.35 bits per heavy atom. The molecule has 0 spiro atoms. The number of nitrogens with one attached hydrogen (secondary N) is 1. The van der Waals surface area contributed by atoms with Crippen LogP contribution in [0.15, 0.2) is 0 Å². The van der Waals surface area contributed by atoms with Crippen molar-refractivity contribution in [2.75, 3.05) is 32.8 Å². The molecule has 20 heavy (non-hydrogen) atoms. The quantitative estimate of drug-likeness (QED) is 0.803. The number of rotatable bonds is 1. The highest BCUT2D eigenvalue weighted by molar-refractivity contribution is 5.85. The Hall–Kier alpha value is -0.320. The van der Waals surface area contributed by atoms with Crippen LogP contribution in [0, 0.1) is 11.3 Å². The maximum atomic E-state index is 13.1. The highest BCUT2D eigenvalue weighted by Gasteiger charge is 2.51. The van der Waals surface area contributed by atoms with Gasteiger partial charge in [0.05, 0.1) is 11.5 Å². The number of carbonyl (C=O) groups excluding carboxylic acids is 1. The molecule has 2 heterocycles. The molecular weight excluding hydrogens is 276 g/mol. The molecule has 1 amide bonds. The molecule has 4 nitrogen and oxygen atoms in total. The van der Waals surface area contributed by atoms with E-state index in [0.29, 0.717) is 11.8 Å². The summed E-state index contributed by atoms with van der Waals surface area (Å²) in [6.45, 7) is 6.44. The fourth-order valence-corrected chi connectivity index (χ4v) is 4.16. The average molecular weight is 303 g/mol. The minimum absolute atomic E-state index is 0. The molecule has 0 radical (unpaired) electrons. The van der Waals surface area contributed by atoms with Crippen molar-refractivity contribution in [3.8, 4) is 0 Å². The van der Waals surface area contributed by atoms with E-state index in [1.165, 1.54) is 19.3 Å². The number of ether oxygens (including phenoxy) is 1. The van der Waals surface area contributed by atoms with Gasteiger partial charge in [0.25, 0.3) is 0 Å². The van der Waals surface area contributed by atoms with E-state index in [1.54, 1.807) is 0 Å². The Morgan fingerprint density at radius 3 is 3.05 bits per heavy atom. The minimum atomic E-state index is -0.0949. The molecule has 3 aliphatic rings. The number of carbonyl (C=O) groups is 1. The van der Waals surface area contributed by atoms with E-state index in [2.05, 4.69) is 17.1 Å². The highest BCUT2D eigenvalue weighted by Crippen LogP contribution is 2.45. The molecule has 2 aliphatic heterocycles. The fourth-order valence-electron chi connectivity index (χ4n) is 4.16. The van der Waals surface area contributed by atoms with Gasteiger partial charge in [-0.25, -0.2) is 0 Å². The average Bonchev–Trinajstić information content (AvgIpc) is 2.75. The number of halogens is 1. The maximum Gasteiger partial charge on any atom is 0.230 e. The van der Waals surface area contributed by atoms with E-state index in [1.807, 2.05) is 0 Å². The molecule has 0 aromatic rings. The van der Waals surface area contributed by atoms with E-state index < -0.39 is 0 Å². The Morgan fingerprint density at radius 2 is 2.20 bits per heavy atom. The lowest BCUT2D eigenvalue weighted by atomic mass is 9.67. The summed E-state index contributed by atoms with van der Waals surface area (Å²) < 4.78 is 5.67. The predicted molar refractivity (Wildman–Crippen MR) is 81.1 cm³/mol. The largest absolute Gasteiger partial charge is 0.377 e. The summed E-state index contributed by atoms with van der Waals surface area (Å²) in [5.41, 5.74) is -0.0949. The third-order valence-electron chi connectivity index (χ3n) is 5.20. The van der Waals surface area contributed by atoms with E-state index >= 15 is 0 Å². The summed E-state index contributed by atoms with van der Waals surface area (Å²) in [5, 5.41) is 3.47. The molecule has 1 saturated carbocycles. The van der Waals surface area contributed by atoms with Gasteiger partial charge in [-0.3, -0.25) is 4.79 Å². The van der Waals surface area contributed by atoms with Crippen molar-refractivity contribution < 1.29 is 9.53 Å². The van der Waals surface area contributed by atoms with Crippen LogP contribution in [0.4, 0.5) is 0 Å². The normalized spacial score (nSPS) is 37.8. The summed E-state index contributed by atoms with van der Waals surface area (Å²) in [7, 11) is 0. The molecule has 0 bridgehead atoms. The molecule has 3 fully saturated rings. The second-order valence-electron chi connectivity index (χ2n) is 6.52. The Balaban J connectivity index is 0.00000147. The monoisotopic (exact) mass is 302 g/mol. The standard InChI is InChI=1S/C15H26N2O2.ClH/c1-12-10-17(7-4-8-19-12)14(18)15-6-3-2-5-13(15)9-16-11-15;/h12-13,16H,2-11H2,1H3;1H/t12?,13-,15+;/m0./s1. The zero-order valence-corrected chi connectivity index (χ0v) is 13.2. The molecule has 3 atom stereocenters. The van der Waals surface area contributed by atoms with Crippen LogP contribution in [0.25, 0.3) is 0 Å². The number of nitrogens with zero attached hydrogens (tertiary/aromatic N) is 1. The van der Waals surface area contributed by atoms with Crippen molar-refractivity contribution in [1.29, 1.82) is 0 Å². The maximum absolute atomic E-state index is 13.1. The number of fused-ring (bicyclic) bond motifs is 1. The summed E-state index contributed by atoms with van der Waals surface area (Å²) >= 11 is 0. The zero-order chi connectivity index (χ0) is 13.3. The third kappa shape index (κ3) is 2.83. The lowest BCUT2D eigenvalue weighted by Crippen LogP contribution is -2.51. The lowest BCUT2D eigenvalue weighted by Gasteiger charge is -2.40. The van der Waals surface area contributed by atoms with Crippen molar-refractivity contribution in [2.24, 2.45) is 11.3 Å².